The van der Waals surface area contributed by atoms with Crippen LogP contribution in [0.1, 0.15) is 32.6 Å². The molecule has 5 amide bonds. The molecule has 0 aliphatic carbocycles. The zero-order valence-electron chi connectivity index (χ0n) is 16.4. The molecule has 0 saturated carbocycles. The zero-order valence-corrected chi connectivity index (χ0v) is 16.4. The summed E-state index contributed by atoms with van der Waals surface area (Å²) in [6.07, 6.45) is -2.14. The summed E-state index contributed by atoms with van der Waals surface area (Å²) < 4.78 is 0. The van der Waals surface area contributed by atoms with Gasteiger partial charge in [0.25, 0.3) is 0 Å². The first-order chi connectivity index (χ1) is 13.8. The molecule has 0 aromatic carbocycles. The minimum absolute atomic E-state index is 0.0244. The van der Waals surface area contributed by atoms with Crippen LogP contribution in [-0.2, 0) is 28.8 Å². The summed E-state index contributed by atoms with van der Waals surface area (Å²) in [4.78, 5) is 68.7. The summed E-state index contributed by atoms with van der Waals surface area (Å²) in [5, 5.41) is 25.3. The number of primary amides is 2. The lowest BCUT2D eigenvalue weighted by atomic mass is 10.1. The lowest BCUT2D eigenvalue weighted by Gasteiger charge is -2.23. The molecule has 0 bridgehead atoms. The number of amides is 5. The molecule has 14 nitrogen and oxygen atoms in total. The molecule has 0 saturated heterocycles. The molecule has 4 unspecified atom stereocenters. The maximum absolute atomic E-state index is 12.3. The Hall–Kier alpha value is -3.26. The van der Waals surface area contributed by atoms with Gasteiger partial charge in [-0.15, -0.1) is 0 Å². The Morgan fingerprint density at radius 1 is 0.900 bits per heavy atom. The third-order valence-electron chi connectivity index (χ3n) is 3.84. The van der Waals surface area contributed by atoms with Gasteiger partial charge >= 0.3 is 5.97 Å². The van der Waals surface area contributed by atoms with Gasteiger partial charge in [-0.1, -0.05) is 0 Å². The number of aliphatic carboxylic acids is 1. The van der Waals surface area contributed by atoms with Crippen LogP contribution in [0.3, 0.4) is 0 Å². The van der Waals surface area contributed by atoms with E-state index in [4.69, 9.17) is 22.3 Å². The molecule has 0 rings (SSSR count). The Morgan fingerprint density at radius 2 is 1.43 bits per heavy atom. The third-order valence-corrected chi connectivity index (χ3v) is 3.84. The molecule has 0 aromatic heterocycles. The van der Waals surface area contributed by atoms with Crippen LogP contribution in [0.2, 0.25) is 0 Å². The Kier molecular flexibility index (Phi) is 11.6. The second kappa shape index (κ2) is 13.1. The first-order valence-electron chi connectivity index (χ1n) is 8.95. The topological polar surface area (TPSA) is 257 Å². The molecule has 0 aromatic rings. The molecule has 0 aliphatic heterocycles. The van der Waals surface area contributed by atoms with Gasteiger partial charge in [0.2, 0.25) is 29.5 Å². The number of carboxylic acids is 1. The molecule has 4 atom stereocenters. The summed E-state index contributed by atoms with van der Waals surface area (Å²) in [6, 6.07) is -4.08. The number of hydrogen-bond donors (Lipinski definition) is 8. The van der Waals surface area contributed by atoms with E-state index in [9.17, 15) is 33.9 Å². The normalized spacial score (nSPS) is 14.5. The predicted octanol–water partition coefficient (Wildman–Crippen LogP) is -4.60. The highest BCUT2D eigenvalue weighted by Crippen LogP contribution is 2.01. The maximum atomic E-state index is 12.3. The smallest absolute Gasteiger partial charge is 0.326 e. The fourth-order valence-corrected chi connectivity index (χ4v) is 2.16. The fraction of sp³-hybridized carbons (Fsp3) is 0.625. The van der Waals surface area contributed by atoms with Crippen LogP contribution in [0.15, 0.2) is 0 Å². The SMILES string of the molecule is CC(O)C(NC(=O)CNC(=O)C(N)CCC(N)=O)C(=O)NC(CCC(N)=O)C(=O)O. The maximum Gasteiger partial charge on any atom is 0.326 e. The second-order valence-electron chi connectivity index (χ2n) is 6.52. The first-order valence-corrected chi connectivity index (χ1v) is 8.95. The van der Waals surface area contributed by atoms with Crippen molar-refractivity contribution in [1.82, 2.24) is 16.0 Å². The van der Waals surface area contributed by atoms with E-state index in [1.807, 2.05) is 0 Å². The summed E-state index contributed by atoms with van der Waals surface area (Å²) in [6.45, 7) is 0.589. The number of nitrogens with one attached hydrogen (secondary N) is 3. The molecule has 14 heteroatoms. The molecule has 0 heterocycles. The Bertz CT molecular complexity index is 668. The van der Waals surface area contributed by atoms with Gasteiger partial charge in [0.15, 0.2) is 0 Å². The van der Waals surface area contributed by atoms with E-state index in [-0.39, 0.29) is 25.7 Å². The average Bonchev–Trinajstić information content (AvgIpc) is 2.64. The molecule has 0 fully saturated rings. The van der Waals surface area contributed by atoms with Crippen molar-refractivity contribution in [2.45, 2.75) is 56.8 Å². The van der Waals surface area contributed by atoms with Crippen LogP contribution in [0.25, 0.3) is 0 Å². The monoisotopic (exact) mass is 432 g/mol. The molecule has 0 spiro atoms. The summed E-state index contributed by atoms with van der Waals surface area (Å²) in [5.74, 6) is -5.45. The van der Waals surface area contributed by atoms with Crippen molar-refractivity contribution < 1.29 is 39.0 Å². The molecule has 170 valence electrons. The van der Waals surface area contributed by atoms with Crippen molar-refractivity contribution in [3.05, 3.63) is 0 Å². The third kappa shape index (κ3) is 10.9. The minimum atomic E-state index is -1.53. The van der Waals surface area contributed by atoms with E-state index in [2.05, 4.69) is 16.0 Å². The van der Waals surface area contributed by atoms with E-state index in [1.165, 1.54) is 6.92 Å². The standard InChI is InChI=1S/C16H28N6O8/c1-7(23)13(15(28)21-9(16(29)30)3-5-11(19)25)22-12(26)6-20-14(27)8(17)2-4-10(18)24/h7-9,13,23H,2-6,17H2,1H3,(H2,18,24)(H2,19,25)(H,20,27)(H,21,28)(H,22,26)(H,29,30). The van der Waals surface area contributed by atoms with Crippen molar-refractivity contribution in [2.75, 3.05) is 6.54 Å². The number of aliphatic hydroxyl groups is 1. The first kappa shape index (κ1) is 26.7. The molecule has 0 aliphatic rings. The van der Waals surface area contributed by atoms with E-state index in [0.29, 0.717) is 0 Å². The predicted molar refractivity (Wildman–Crippen MR) is 101 cm³/mol. The largest absolute Gasteiger partial charge is 0.480 e. The lowest BCUT2D eigenvalue weighted by Crippen LogP contribution is -2.57. The van der Waals surface area contributed by atoms with Crippen LogP contribution >= 0.6 is 0 Å². The fourth-order valence-electron chi connectivity index (χ4n) is 2.16. The summed E-state index contributed by atoms with van der Waals surface area (Å²) in [7, 11) is 0. The zero-order chi connectivity index (χ0) is 23.4. The number of rotatable bonds is 14. The Morgan fingerprint density at radius 3 is 1.90 bits per heavy atom. The lowest BCUT2D eigenvalue weighted by molar-refractivity contribution is -0.143. The molecular formula is C16H28N6O8. The molecule has 30 heavy (non-hydrogen) atoms. The number of aliphatic hydroxyl groups excluding tert-OH is 1. The Balaban J connectivity index is 4.78. The van der Waals surface area contributed by atoms with Gasteiger partial charge in [-0.25, -0.2) is 4.79 Å². The molecular weight excluding hydrogens is 404 g/mol. The van der Waals surface area contributed by atoms with Crippen LogP contribution < -0.4 is 33.2 Å². The van der Waals surface area contributed by atoms with Gasteiger partial charge in [-0.05, 0) is 19.8 Å². The van der Waals surface area contributed by atoms with E-state index in [1.54, 1.807) is 0 Å². The minimum Gasteiger partial charge on any atom is -0.480 e. The van der Waals surface area contributed by atoms with Crippen LogP contribution in [-0.4, -0.2) is 76.5 Å². The average molecular weight is 432 g/mol. The van der Waals surface area contributed by atoms with Gasteiger partial charge < -0.3 is 43.4 Å². The molecule has 0 radical (unpaired) electrons. The second-order valence-corrected chi connectivity index (χ2v) is 6.52. The number of carboxylic acid groups (broad SMARTS) is 1. The van der Waals surface area contributed by atoms with Gasteiger partial charge in [0, 0.05) is 12.8 Å². The van der Waals surface area contributed by atoms with Crippen molar-refractivity contribution in [1.29, 1.82) is 0 Å². The van der Waals surface area contributed by atoms with Crippen LogP contribution in [0, 0.1) is 0 Å². The van der Waals surface area contributed by atoms with Crippen molar-refractivity contribution in [3.63, 3.8) is 0 Å². The van der Waals surface area contributed by atoms with Gasteiger partial charge in [0.1, 0.15) is 12.1 Å². The van der Waals surface area contributed by atoms with Gasteiger partial charge in [-0.2, -0.15) is 0 Å². The summed E-state index contributed by atoms with van der Waals surface area (Å²) in [5.41, 5.74) is 15.4. The Labute approximate surface area is 171 Å². The highest BCUT2D eigenvalue weighted by atomic mass is 16.4. The van der Waals surface area contributed by atoms with Crippen molar-refractivity contribution >= 4 is 35.5 Å². The molecule has 11 N–H and O–H groups in total. The van der Waals surface area contributed by atoms with Crippen molar-refractivity contribution in [3.8, 4) is 0 Å². The number of nitrogens with two attached hydrogens (primary N) is 3. The van der Waals surface area contributed by atoms with E-state index in [0.717, 1.165) is 0 Å². The quantitative estimate of drug-likeness (QED) is 0.131. The summed E-state index contributed by atoms with van der Waals surface area (Å²) >= 11 is 0. The van der Waals surface area contributed by atoms with Crippen molar-refractivity contribution in [2.24, 2.45) is 17.2 Å². The van der Waals surface area contributed by atoms with Crippen LogP contribution in [0.5, 0.6) is 0 Å². The number of carbonyl (C=O) groups is 6. The highest BCUT2D eigenvalue weighted by Gasteiger charge is 2.30. The van der Waals surface area contributed by atoms with Gasteiger partial charge in [0.05, 0.1) is 18.7 Å². The van der Waals surface area contributed by atoms with E-state index < -0.39 is 66.3 Å². The number of hydrogen-bond acceptors (Lipinski definition) is 8. The highest BCUT2D eigenvalue weighted by molar-refractivity contribution is 5.93. The van der Waals surface area contributed by atoms with Gasteiger partial charge in [-0.3, -0.25) is 24.0 Å². The number of carbonyl (C=O) groups excluding carboxylic acids is 5. The van der Waals surface area contributed by atoms with Crippen LogP contribution in [0.4, 0.5) is 0 Å². The van der Waals surface area contributed by atoms with E-state index >= 15 is 0 Å².